The van der Waals surface area contributed by atoms with E-state index in [1.165, 1.54) is 18.2 Å². The van der Waals surface area contributed by atoms with Crippen LogP contribution in [0.3, 0.4) is 0 Å². The van der Waals surface area contributed by atoms with Gasteiger partial charge in [-0.3, -0.25) is 4.79 Å². The van der Waals surface area contributed by atoms with Crippen molar-refractivity contribution in [1.29, 1.82) is 5.26 Å². The monoisotopic (exact) mass is 221 g/mol. The molecular weight excluding hydrogens is 213 g/mol. The number of hydrogen-bond acceptors (Lipinski definition) is 4. The Morgan fingerprint density at radius 1 is 1.50 bits per heavy atom. The lowest BCUT2D eigenvalue weighted by Gasteiger charge is -2.06. The molecule has 0 saturated carbocycles. The minimum absolute atomic E-state index is 0.137. The van der Waals surface area contributed by atoms with Crippen molar-refractivity contribution < 1.29 is 18.7 Å². The van der Waals surface area contributed by atoms with E-state index in [1.54, 1.807) is 6.07 Å². The highest BCUT2D eigenvalue weighted by molar-refractivity contribution is 6.36. The number of ketones is 1. The first kappa shape index (κ1) is 11.9. The number of nitrogens with zero attached hydrogens (tertiary/aromatic N) is 1. The highest BCUT2D eigenvalue weighted by Crippen LogP contribution is 2.17. The zero-order valence-electron chi connectivity index (χ0n) is 8.44. The Bertz CT molecular complexity index is 465. The van der Waals surface area contributed by atoms with Gasteiger partial charge in [-0.05, 0) is 17.7 Å². The Morgan fingerprint density at radius 2 is 2.19 bits per heavy atom. The van der Waals surface area contributed by atoms with Gasteiger partial charge in [0.25, 0.3) is 5.78 Å². The van der Waals surface area contributed by atoms with Crippen molar-refractivity contribution in [3.05, 3.63) is 35.6 Å². The van der Waals surface area contributed by atoms with Crippen molar-refractivity contribution in [2.24, 2.45) is 0 Å². The summed E-state index contributed by atoms with van der Waals surface area (Å²) in [6.45, 7) is 0. The fourth-order valence-electron chi connectivity index (χ4n) is 1.19. The van der Waals surface area contributed by atoms with Crippen LogP contribution in [-0.2, 0) is 14.3 Å². The molecule has 4 nitrogen and oxygen atoms in total. The van der Waals surface area contributed by atoms with E-state index in [2.05, 4.69) is 4.74 Å². The van der Waals surface area contributed by atoms with Gasteiger partial charge in [0.15, 0.2) is 0 Å². The van der Waals surface area contributed by atoms with Crippen LogP contribution in [0.2, 0.25) is 0 Å². The summed E-state index contributed by atoms with van der Waals surface area (Å²) in [7, 11) is 1.04. The minimum atomic E-state index is -1.33. The summed E-state index contributed by atoms with van der Waals surface area (Å²) in [4.78, 5) is 22.4. The molecule has 0 spiro atoms. The lowest BCUT2D eigenvalue weighted by Crippen LogP contribution is -2.22. The van der Waals surface area contributed by atoms with E-state index < -0.39 is 23.5 Å². The largest absolute Gasteiger partial charge is 0.463 e. The van der Waals surface area contributed by atoms with Gasteiger partial charge in [0.1, 0.15) is 11.7 Å². The number of Topliss-reactive ketones (excluding diaryl/α,β-unsaturated/α-hetero) is 1. The summed E-state index contributed by atoms with van der Waals surface area (Å²) in [6, 6.07) is 6.62. The molecule has 1 unspecified atom stereocenters. The number of hydrogen-bond donors (Lipinski definition) is 0. The molecule has 1 aromatic rings. The number of esters is 1. The normalized spacial score (nSPS) is 11.3. The molecule has 1 rings (SSSR count). The van der Waals surface area contributed by atoms with Crippen LogP contribution in [0.5, 0.6) is 0 Å². The van der Waals surface area contributed by atoms with Crippen molar-refractivity contribution >= 4 is 11.8 Å². The molecular formula is C11H8FNO3. The Hall–Kier alpha value is -2.22. The molecule has 0 aliphatic rings. The third kappa shape index (κ3) is 2.42. The van der Waals surface area contributed by atoms with Crippen molar-refractivity contribution in [3.8, 4) is 6.07 Å². The van der Waals surface area contributed by atoms with Crippen LogP contribution in [0.25, 0.3) is 0 Å². The second-order valence-corrected chi connectivity index (χ2v) is 2.97. The van der Waals surface area contributed by atoms with Gasteiger partial charge in [-0.2, -0.15) is 5.26 Å². The zero-order valence-corrected chi connectivity index (χ0v) is 8.44. The highest BCUT2D eigenvalue weighted by Gasteiger charge is 2.27. The first-order valence-corrected chi connectivity index (χ1v) is 4.37. The number of rotatable bonds is 3. The lowest BCUT2D eigenvalue weighted by atomic mass is 9.96. The average molecular weight is 221 g/mol. The van der Waals surface area contributed by atoms with Gasteiger partial charge < -0.3 is 4.74 Å². The molecule has 82 valence electrons. The molecule has 0 bridgehead atoms. The second kappa shape index (κ2) is 5.03. The smallest absolute Gasteiger partial charge is 0.376 e. The molecule has 0 saturated heterocycles. The van der Waals surface area contributed by atoms with Crippen LogP contribution in [0.4, 0.5) is 4.39 Å². The van der Waals surface area contributed by atoms with Crippen LogP contribution in [-0.4, -0.2) is 18.9 Å². The number of ether oxygens (including phenoxy) is 1. The maximum atomic E-state index is 12.9. The van der Waals surface area contributed by atoms with Crippen molar-refractivity contribution in [3.63, 3.8) is 0 Å². The lowest BCUT2D eigenvalue weighted by molar-refractivity contribution is -0.151. The van der Waals surface area contributed by atoms with Gasteiger partial charge in [-0.15, -0.1) is 0 Å². The molecule has 5 heteroatoms. The van der Waals surface area contributed by atoms with Gasteiger partial charge in [0, 0.05) is 0 Å². The van der Waals surface area contributed by atoms with Gasteiger partial charge in [0.2, 0.25) is 0 Å². The number of carbonyl (C=O) groups is 2. The molecule has 0 aliphatic carbocycles. The topological polar surface area (TPSA) is 67.2 Å². The molecule has 16 heavy (non-hydrogen) atoms. The fraction of sp³-hybridized carbons (Fsp3) is 0.182. The molecule has 0 N–H and O–H groups in total. The Kier molecular flexibility index (Phi) is 3.72. The average Bonchev–Trinajstić information content (AvgIpc) is 2.29. The predicted octanol–water partition coefficient (Wildman–Crippen LogP) is 1.17. The Balaban J connectivity index is 3.05. The molecule has 1 aromatic carbocycles. The molecule has 0 aromatic heterocycles. The first-order valence-electron chi connectivity index (χ1n) is 4.37. The molecule has 0 heterocycles. The summed E-state index contributed by atoms with van der Waals surface area (Å²) in [5.41, 5.74) is 0.137. The fourth-order valence-corrected chi connectivity index (χ4v) is 1.19. The predicted molar refractivity (Wildman–Crippen MR) is 51.8 cm³/mol. The highest BCUT2D eigenvalue weighted by atomic mass is 19.1. The summed E-state index contributed by atoms with van der Waals surface area (Å²) >= 11 is 0. The molecule has 0 amide bonds. The van der Waals surface area contributed by atoms with Crippen molar-refractivity contribution in [2.45, 2.75) is 5.92 Å². The van der Waals surface area contributed by atoms with E-state index >= 15 is 0 Å². The Morgan fingerprint density at radius 3 is 2.69 bits per heavy atom. The van der Waals surface area contributed by atoms with Crippen molar-refractivity contribution in [2.75, 3.05) is 7.11 Å². The summed E-state index contributed by atoms with van der Waals surface area (Å²) in [6.07, 6.45) is 0. The van der Waals surface area contributed by atoms with E-state index in [1.807, 2.05) is 0 Å². The maximum absolute atomic E-state index is 12.9. The number of benzene rings is 1. The SMILES string of the molecule is COC(=O)C(=O)C(C#N)c1cccc(F)c1. The van der Waals surface area contributed by atoms with E-state index in [-0.39, 0.29) is 5.56 Å². The second-order valence-electron chi connectivity index (χ2n) is 2.97. The summed E-state index contributed by atoms with van der Waals surface area (Å²) < 4.78 is 17.1. The first-order chi connectivity index (χ1) is 7.60. The molecule has 0 fully saturated rings. The summed E-state index contributed by atoms with van der Waals surface area (Å²) in [5.74, 6) is -4.02. The number of halogens is 1. The third-order valence-corrected chi connectivity index (χ3v) is 1.96. The number of nitriles is 1. The van der Waals surface area contributed by atoms with Crippen LogP contribution in [0, 0.1) is 17.1 Å². The van der Waals surface area contributed by atoms with Gasteiger partial charge in [0.05, 0.1) is 13.2 Å². The standard InChI is InChI=1S/C11H8FNO3/c1-16-11(15)10(14)9(6-13)7-3-2-4-8(12)5-7/h2-5,9H,1H3. The zero-order chi connectivity index (χ0) is 12.1. The van der Waals surface area contributed by atoms with Gasteiger partial charge in [-0.1, -0.05) is 12.1 Å². The number of methoxy groups -OCH3 is 1. The van der Waals surface area contributed by atoms with Gasteiger partial charge in [-0.25, -0.2) is 9.18 Å². The quantitative estimate of drug-likeness (QED) is 0.567. The summed E-state index contributed by atoms with van der Waals surface area (Å²) in [5, 5.41) is 8.78. The minimum Gasteiger partial charge on any atom is -0.463 e. The van der Waals surface area contributed by atoms with Crippen LogP contribution >= 0.6 is 0 Å². The number of carbonyl (C=O) groups excluding carboxylic acids is 2. The van der Waals surface area contributed by atoms with Gasteiger partial charge >= 0.3 is 5.97 Å². The van der Waals surface area contributed by atoms with E-state index in [9.17, 15) is 14.0 Å². The van der Waals surface area contributed by atoms with Crippen LogP contribution in [0.1, 0.15) is 11.5 Å². The van der Waals surface area contributed by atoms with Crippen LogP contribution in [0.15, 0.2) is 24.3 Å². The van der Waals surface area contributed by atoms with Crippen molar-refractivity contribution in [1.82, 2.24) is 0 Å². The van der Waals surface area contributed by atoms with E-state index in [4.69, 9.17) is 5.26 Å². The van der Waals surface area contributed by atoms with E-state index in [0.717, 1.165) is 13.2 Å². The molecule has 1 atom stereocenters. The molecule has 0 radical (unpaired) electrons. The third-order valence-electron chi connectivity index (χ3n) is 1.96. The van der Waals surface area contributed by atoms with E-state index in [0.29, 0.717) is 0 Å². The Labute approximate surface area is 91.3 Å². The maximum Gasteiger partial charge on any atom is 0.376 e. The molecule has 0 aliphatic heterocycles. The van der Waals surface area contributed by atoms with Crippen LogP contribution < -0.4 is 0 Å².